The van der Waals surface area contributed by atoms with Crippen LogP contribution in [0.3, 0.4) is 0 Å². The van der Waals surface area contributed by atoms with Crippen molar-refractivity contribution in [2.24, 2.45) is 5.92 Å². The van der Waals surface area contributed by atoms with Crippen molar-refractivity contribution in [1.82, 2.24) is 5.32 Å². The summed E-state index contributed by atoms with van der Waals surface area (Å²) in [5.74, 6) is 0.276. The van der Waals surface area contributed by atoms with Crippen LogP contribution >= 0.6 is 0 Å². The molecule has 0 aliphatic carbocycles. The van der Waals surface area contributed by atoms with Gasteiger partial charge in [-0.3, -0.25) is 9.59 Å². The molecule has 1 aromatic carbocycles. The van der Waals surface area contributed by atoms with Gasteiger partial charge in [-0.1, -0.05) is 30.4 Å². The number of hydrogen-bond donors (Lipinski definition) is 2. The summed E-state index contributed by atoms with van der Waals surface area (Å²) < 4.78 is 0. The van der Waals surface area contributed by atoms with E-state index in [0.717, 1.165) is 18.7 Å². The van der Waals surface area contributed by atoms with Crippen LogP contribution in [0.5, 0.6) is 0 Å². The fraction of sp³-hybridized carbons (Fsp3) is 0.333. The van der Waals surface area contributed by atoms with Crippen LogP contribution in [0.25, 0.3) is 0 Å². The number of β-lactam (4-membered cyclic amide) rings is 1. The third-order valence-electron chi connectivity index (χ3n) is 3.08. The monoisotopic (exact) mass is 258 g/mol. The Hall–Kier alpha value is -2.10. The first-order valence-electron chi connectivity index (χ1n) is 6.53. The van der Waals surface area contributed by atoms with Gasteiger partial charge < -0.3 is 10.6 Å². The minimum absolute atomic E-state index is 0.0113. The molecule has 1 aromatic rings. The number of anilines is 1. The Labute approximate surface area is 112 Å². The molecule has 0 saturated carbocycles. The Bertz CT molecular complexity index is 468. The number of carbonyl (C=O) groups is 2. The van der Waals surface area contributed by atoms with Crippen molar-refractivity contribution in [2.75, 3.05) is 11.9 Å². The van der Waals surface area contributed by atoms with E-state index in [2.05, 4.69) is 10.6 Å². The summed E-state index contributed by atoms with van der Waals surface area (Å²) in [6.45, 7) is 0.775. The van der Waals surface area contributed by atoms with E-state index in [4.69, 9.17) is 0 Å². The van der Waals surface area contributed by atoms with Crippen LogP contribution < -0.4 is 10.6 Å². The number of hydrogen-bond acceptors (Lipinski definition) is 2. The van der Waals surface area contributed by atoms with Crippen LogP contribution in [0.2, 0.25) is 0 Å². The van der Waals surface area contributed by atoms with Gasteiger partial charge in [0, 0.05) is 18.7 Å². The van der Waals surface area contributed by atoms with Crippen molar-refractivity contribution in [3.05, 3.63) is 42.5 Å². The molecule has 1 heterocycles. The lowest BCUT2D eigenvalue weighted by Gasteiger charge is -2.24. The molecule has 1 fully saturated rings. The summed E-state index contributed by atoms with van der Waals surface area (Å²) in [7, 11) is 0. The highest BCUT2D eigenvalue weighted by atomic mass is 16.2. The van der Waals surface area contributed by atoms with Crippen molar-refractivity contribution in [3.63, 3.8) is 0 Å². The molecule has 1 saturated heterocycles. The number of rotatable bonds is 6. The van der Waals surface area contributed by atoms with Crippen LogP contribution in [0.15, 0.2) is 42.5 Å². The smallest absolute Gasteiger partial charge is 0.225 e. The second kappa shape index (κ2) is 6.73. The lowest BCUT2D eigenvalue weighted by molar-refractivity contribution is -0.130. The molecule has 0 spiro atoms. The zero-order chi connectivity index (χ0) is 13.5. The summed E-state index contributed by atoms with van der Waals surface area (Å²) in [5, 5.41) is 5.54. The van der Waals surface area contributed by atoms with Gasteiger partial charge in [0.15, 0.2) is 0 Å². The van der Waals surface area contributed by atoms with Crippen LogP contribution in [-0.4, -0.2) is 18.4 Å². The molecule has 4 nitrogen and oxygen atoms in total. The van der Waals surface area contributed by atoms with Gasteiger partial charge in [-0.15, -0.1) is 0 Å². The molecule has 2 amide bonds. The largest absolute Gasteiger partial charge is 0.355 e. The van der Waals surface area contributed by atoms with Crippen molar-refractivity contribution in [3.8, 4) is 0 Å². The lowest BCUT2D eigenvalue weighted by Crippen LogP contribution is -2.48. The van der Waals surface area contributed by atoms with E-state index in [0.29, 0.717) is 12.8 Å². The first-order chi connectivity index (χ1) is 9.25. The van der Waals surface area contributed by atoms with Crippen LogP contribution in [0.1, 0.15) is 19.3 Å². The van der Waals surface area contributed by atoms with Gasteiger partial charge >= 0.3 is 0 Å². The van der Waals surface area contributed by atoms with Gasteiger partial charge in [-0.25, -0.2) is 0 Å². The average molecular weight is 258 g/mol. The van der Waals surface area contributed by atoms with Crippen molar-refractivity contribution >= 4 is 17.5 Å². The van der Waals surface area contributed by atoms with Crippen LogP contribution in [0.4, 0.5) is 5.69 Å². The molecule has 0 bridgehead atoms. The minimum Gasteiger partial charge on any atom is -0.355 e. The molecule has 19 heavy (non-hydrogen) atoms. The summed E-state index contributed by atoms with van der Waals surface area (Å²) in [5.41, 5.74) is 0.822. The third-order valence-corrected chi connectivity index (χ3v) is 3.08. The molecule has 2 N–H and O–H groups in total. The molecule has 100 valence electrons. The zero-order valence-electron chi connectivity index (χ0n) is 10.8. The van der Waals surface area contributed by atoms with Crippen molar-refractivity contribution in [1.29, 1.82) is 0 Å². The van der Waals surface area contributed by atoms with Crippen LogP contribution in [-0.2, 0) is 9.59 Å². The topological polar surface area (TPSA) is 58.2 Å². The van der Waals surface area contributed by atoms with Gasteiger partial charge in [0.25, 0.3) is 0 Å². The molecule has 1 aliphatic rings. The highest BCUT2D eigenvalue weighted by molar-refractivity contribution is 5.90. The lowest BCUT2D eigenvalue weighted by atomic mass is 9.98. The minimum atomic E-state index is 0.0113. The second-order valence-electron chi connectivity index (χ2n) is 4.60. The van der Waals surface area contributed by atoms with E-state index in [9.17, 15) is 9.59 Å². The molecule has 0 unspecified atom stereocenters. The van der Waals surface area contributed by atoms with E-state index < -0.39 is 0 Å². The van der Waals surface area contributed by atoms with Gasteiger partial charge in [0.1, 0.15) is 0 Å². The summed E-state index contributed by atoms with van der Waals surface area (Å²) in [6, 6.07) is 9.42. The summed E-state index contributed by atoms with van der Waals surface area (Å²) in [6.07, 6.45) is 5.89. The quantitative estimate of drug-likeness (QED) is 0.606. The molecular weight excluding hydrogens is 240 g/mol. The number of para-hydroxylation sites is 1. The molecule has 0 aromatic heterocycles. The number of nitrogens with one attached hydrogen (secondary N) is 2. The zero-order valence-corrected chi connectivity index (χ0v) is 10.8. The maximum atomic E-state index is 11.6. The van der Waals surface area contributed by atoms with Crippen molar-refractivity contribution in [2.45, 2.75) is 19.3 Å². The van der Waals surface area contributed by atoms with Crippen molar-refractivity contribution < 1.29 is 9.59 Å². The maximum absolute atomic E-state index is 11.6. The third kappa shape index (κ3) is 4.25. The normalized spacial score (nSPS) is 17.9. The molecular formula is C15H18N2O2. The van der Waals surface area contributed by atoms with E-state index >= 15 is 0 Å². The highest BCUT2D eigenvalue weighted by Gasteiger charge is 2.25. The van der Waals surface area contributed by atoms with Gasteiger partial charge in [-0.05, 0) is 25.0 Å². The van der Waals surface area contributed by atoms with Crippen LogP contribution in [0, 0.1) is 5.92 Å². The van der Waals surface area contributed by atoms with E-state index in [1.54, 1.807) is 0 Å². The van der Waals surface area contributed by atoms with E-state index in [-0.39, 0.29) is 17.7 Å². The predicted molar refractivity (Wildman–Crippen MR) is 74.6 cm³/mol. The second-order valence-corrected chi connectivity index (χ2v) is 4.60. The Morgan fingerprint density at radius 3 is 2.74 bits per heavy atom. The summed E-state index contributed by atoms with van der Waals surface area (Å²) in [4.78, 5) is 22.6. The Balaban J connectivity index is 1.61. The van der Waals surface area contributed by atoms with E-state index in [1.807, 2.05) is 42.5 Å². The van der Waals surface area contributed by atoms with E-state index in [1.165, 1.54) is 0 Å². The number of benzene rings is 1. The Morgan fingerprint density at radius 2 is 2.11 bits per heavy atom. The predicted octanol–water partition coefficient (Wildman–Crippen LogP) is 2.10. The number of carbonyl (C=O) groups excluding carboxylic acids is 2. The number of allylic oxidation sites excluding steroid dienone is 2. The SMILES string of the molecule is O=C(CC/C=C/C[C@@H]1CNC1=O)Nc1ccccc1. The Morgan fingerprint density at radius 1 is 1.32 bits per heavy atom. The first kappa shape index (κ1) is 13.3. The highest BCUT2D eigenvalue weighted by Crippen LogP contribution is 2.11. The molecule has 0 radical (unpaired) electrons. The molecule has 2 rings (SSSR count). The summed E-state index contributed by atoms with van der Waals surface area (Å²) >= 11 is 0. The first-order valence-corrected chi connectivity index (χ1v) is 6.53. The molecule has 1 aliphatic heterocycles. The Kier molecular flexibility index (Phi) is 4.72. The molecule has 4 heteroatoms. The van der Waals surface area contributed by atoms with Gasteiger partial charge in [0.2, 0.25) is 11.8 Å². The number of amides is 2. The fourth-order valence-corrected chi connectivity index (χ4v) is 1.86. The standard InChI is InChI=1S/C15H18N2O2/c18-14(17-13-8-4-2-5-9-13)10-6-1-3-7-12-11-16-15(12)19/h1-5,8-9,12H,6-7,10-11H2,(H,16,19)(H,17,18)/b3-1+/t12-/m1/s1. The van der Waals surface area contributed by atoms with Gasteiger partial charge in [-0.2, -0.15) is 0 Å². The maximum Gasteiger partial charge on any atom is 0.225 e. The fourth-order valence-electron chi connectivity index (χ4n) is 1.86. The van der Waals surface area contributed by atoms with Gasteiger partial charge in [0.05, 0.1) is 5.92 Å². The molecule has 1 atom stereocenters. The average Bonchev–Trinajstić information content (AvgIpc) is 2.42.